The van der Waals surface area contributed by atoms with Gasteiger partial charge in [-0.05, 0) is 48.9 Å². The maximum absolute atomic E-state index is 12.1. The number of benzene rings is 1. The lowest BCUT2D eigenvalue weighted by Crippen LogP contribution is -2.83. The second kappa shape index (κ2) is 11.1. The Morgan fingerprint density at radius 2 is 1.85 bits per heavy atom. The van der Waals surface area contributed by atoms with E-state index >= 15 is 0 Å². The van der Waals surface area contributed by atoms with E-state index in [9.17, 15) is 24.9 Å². The highest BCUT2D eigenvalue weighted by atomic mass is 79.9. The molecule has 5 heterocycles. The van der Waals surface area contributed by atoms with Crippen molar-refractivity contribution in [2.45, 2.75) is 107 Å². The molecule has 4 saturated heterocycles. The van der Waals surface area contributed by atoms with Crippen LogP contribution in [-0.2, 0) is 15.0 Å². The molecule has 1 aromatic carbocycles. The number of rotatable bonds is 9. The number of hydrogen-bond donors (Lipinski definition) is 5. The van der Waals surface area contributed by atoms with Crippen molar-refractivity contribution in [3.05, 3.63) is 28.2 Å². The minimum Gasteiger partial charge on any atom is -0.547 e. The fraction of sp³-hybridized carbons (Fsp3) is 0.733. The summed E-state index contributed by atoms with van der Waals surface area (Å²) in [5.74, 6) is -2.69. The van der Waals surface area contributed by atoms with Crippen LogP contribution in [0, 0.1) is 17.8 Å². The first-order chi connectivity index (χ1) is 19.4. The van der Waals surface area contributed by atoms with Gasteiger partial charge >= 0.3 is 5.97 Å². The van der Waals surface area contributed by atoms with Gasteiger partial charge in [0.2, 0.25) is 0 Å². The van der Waals surface area contributed by atoms with Crippen molar-refractivity contribution in [3.63, 3.8) is 0 Å². The van der Waals surface area contributed by atoms with Crippen LogP contribution in [0.5, 0.6) is 0 Å². The number of unbranched alkanes of at least 4 members (excludes halogenated alkanes) is 3. The van der Waals surface area contributed by atoms with Crippen LogP contribution < -0.4 is 10.0 Å². The summed E-state index contributed by atoms with van der Waals surface area (Å²) >= 11 is 3.72. The van der Waals surface area contributed by atoms with E-state index in [0.29, 0.717) is 29.8 Å². The highest BCUT2D eigenvalue weighted by Crippen LogP contribution is 2.71. The number of piperidine rings is 4. The zero-order valence-corrected chi connectivity index (χ0v) is 25.5. The van der Waals surface area contributed by atoms with Crippen LogP contribution in [0.4, 0.5) is 5.69 Å². The van der Waals surface area contributed by atoms with Gasteiger partial charge in [0, 0.05) is 41.9 Å². The number of likely N-dealkylation sites (N-methyl/N-ethyl adjacent to an activating group) is 1. The number of quaternary nitrogens is 1. The quantitative estimate of drug-likeness (QED) is 0.196. The monoisotopic (exact) mass is 638 g/mol. The lowest BCUT2D eigenvalue weighted by molar-refractivity contribution is -1.04. The Morgan fingerprint density at radius 1 is 1.15 bits per heavy atom. The van der Waals surface area contributed by atoms with Gasteiger partial charge in [-0.3, -0.25) is 4.48 Å². The molecular formula is C30H43BrN2O8. The fourth-order valence-corrected chi connectivity index (χ4v) is 10.3. The molecule has 5 N–H and O–H groups in total. The number of nitrogens with zero attached hydrogens (tertiary/aromatic N) is 2. The molecule has 1 aromatic rings. The Balaban J connectivity index is 0.000000292. The van der Waals surface area contributed by atoms with Gasteiger partial charge in [0.15, 0.2) is 12.3 Å². The molecule has 6 aliphatic rings. The summed E-state index contributed by atoms with van der Waals surface area (Å²) in [7, 11) is 2.25. The van der Waals surface area contributed by atoms with E-state index in [1.54, 1.807) is 0 Å². The number of aliphatic hydroxyl groups excluding tert-OH is 4. The molecule has 5 aliphatic heterocycles. The number of fused-ring (bicyclic) bond motifs is 2. The minimum absolute atomic E-state index is 0.171. The van der Waals surface area contributed by atoms with E-state index in [-0.39, 0.29) is 23.8 Å². The Labute approximate surface area is 249 Å². The fourth-order valence-electron chi connectivity index (χ4n) is 9.93. The number of aliphatic hydroxyl groups is 4. The third-order valence-electron chi connectivity index (χ3n) is 11.4. The topological polar surface area (TPSA) is 162 Å². The Hall–Kier alpha value is -1.76. The normalized spacial score (nSPS) is 40.4. The standard InChI is InChI=1S/C26H38BrN2O2.C4H6O6/c1-4-6-7-8-11-29-20-13-17(16(5-2)25(29)31)22-21(29)14-26(24(22)30)18-12-15(27)9-10-19(18)28(3)23(20)26;5-1(3(7)8)2(6)4(9)10/h9-10,12,16-17,20-25,30-31H,4-8,11,13-14H2,1-3H3;1-2,5-6H,(H,7,8)(H,9,10)/q+1;/p-1/t16-,17?,20-,21-,22?,23-,24?,25+,26?,29?;1-,2-/m01/s1. The van der Waals surface area contributed by atoms with Crippen molar-refractivity contribution in [1.29, 1.82) is 0 Å². The average Bonchev–Trinajstić information content (AvgIpc) is 3.32. The van der Waals surface area contributed by atoms with Gasteiger partial charge in [0.1, 0.15) is 12.1 Å². The highest BCUT2D eigenvalue weighted by Gasteiger charge is 2.82. The number of hydrogen-bond acceptors (Lipinski definition) is 8. The molecule has 0 amide bonds. The van der Waals surface area contributed by atoms with Gasteiger partial charge in [-0.25, -0.2) is 4.79 Å². The summed E-state index contributed by atoms with van der Waals surface area (Å²) in [6.07, 6.45) is 2.95. The predicted octanol–water partition coefficient (Wildman–Crippen LogP) is 0.955. The molecule has 0 aromatic heterocycles. The zero-order valence-electron chi connectivity index (χ0n) is 23.9. The van der Waals surface area contributed by atoms with Crippen molar-refractivity contribution in [2.75, 3.05) is 18.5 Å². The molecule has 228 valence electrons. The number of carboxylic acids is 2. The number of carbonyl (C=O) groups excluding carboxylic acids is 1. The summed E-state index contributed by atoms with van der Waals surface area (Å²) < 4.78 is 1.99. The smallest absolute Gasteiger partial charge is 0.335 e. The molecule has 5 bridgehead atoms. The third-order valence-corrected chi connectivity index (χ3v) is 11.9. The van der Waals surface area contributed by atoms with E-state index < -0.39 is 24.1 Å². The molecule has 1 spiro atoms. The van der Waals surface area contributed by atoms with Crippen molar-refractivity contribution >= 4 is 33.6 Å². The van der Waals surface area contributed by atoms with Crippen LogP contribution in [0.25, 0.3) is 0 Å². The van der Waals surface area contributed by atoms with Crippen LogP contribution in [-0.4, -0.2) is 98.2 Å². The van der Waals surface area contributed by atoms with Gasteiger partial charge in [0.05, 0.1) is 36.1 Å². The van der Waals surface area contributed by atoms with Crippen LogP contribution in [0.1, 0.15) is 64.4 Å². The lowest BCUT2D eigenvalue weighted by atomic mass is 9.60. The number of anilines is 1. The van der Waals surface area contributed by atoms with Crippen LogP contribution in [0.3, 0.4) is 0 Å². The molecule has 10 nitrogen and oxygen atoms in total. The summed E-state index contributed by atoms with van der Waals surface area (Å²) in [4.78, 5) is 21.9. The van der Waals surface area contributed by atoms with Gasteiger partial charge in [-0.15, -0.1) is 0 Å². The number of carboxylic acid groups (broad SMARTS) is 2. The van der Waals surface area contributed by atoms with Gasteiger partial charge < -0.3 is 40.3 Å². The van der Waals surface area contributed by atoms with E-state index in [4.69, 9.17) is 15.3 Å². The van der Waals surface area contributed by atoms with E-state index in [1.807, 2.05) is 0 Å². The number of halogens is 1. The lowest BCUT2D eigenvalue weighted by Gasteiger charge is -2.68. The molecule has 7 rings (SSSR count). The summed E-state index contributed by atoms with van der Waals surface area (Å²) in [6.45, 7) is 5.61. The van der Waals surface area contributed by atoms with Crippen LogP contribution in [0.15, 0.2) is 22.7 Å². The molecule has 0 radical (unpaired) electrons. The first kappa shape index (κ1) is 30.7. The number of carbonyl (C=O) groups is 2. The van der Waals surface area contributed by atoms with Crippen LogP contribution >= 0.6 is 15.9 Å². The first-order valence-corrected chi connectivity index (χ1v) is 15.7. The Bertz CT molecular complexity index is 1170. The molecule has 1 saturated carbocycles. The molecule has 12 atom stereocenters. The summed E-state index contributed by atoms with van der Waals surface area (Å²) in [6, 6.07) is 7.80. The van der Waals surface area contributed by atoms with Gasteiger partial charge in [0.25, 0.3) is 0 Å². The highest BCUT2D eigenvalue weighted by molar-refractivity contribution is 9.10. The summed E-state index contributed by atoms with van der Waals surface area (Å²) in [5, 5.41) is 58.2. The van der Waals surface area contributed by atoms with E-state index in [1.165, 1.54) is 43.4 Å². The van der Waals surface area contributed by atoms with Crippen LogP contribution in [0.2, 0.25) is 0 Å². The first-order valence-electron chi connectivity index (χ1n) is 15.0. The Kier molecular flexibility index (Phi) is 8.28. The van der Waals surface area contributed by atoms with Crippen molar-refractivity contribution < 1.29 is 44.7 Å². The van der Waals surface area contributed by atoms with Gasteiger partial charge in [-0.2, -0.15) is 0 Å². The van der Waals surface area contributed by atoms with Crippen molar-refractivity contribution in [3.8, 4) is 0 Å². The van der Waals surface area contributed by atoms with Crippen molar-refractivity contribution in [2.24, 2.45) is 17.8 Å². The second-order valence-electron chi connectivity index (χ2n) is 12.8. The third kappa shape index (κ3) is 4.21. The largest absolute Gasteiger partial charge is 0.547 e. The Morgan fingerprint density at radius 3 is 2.44 bits per heavy atom. The molecule has 11 heteroatoms. The maximum atomic E-state index is 12.1. The van der Waals surface area contributed by atoms with E-state index in [2.05, 4.69) is 59.9 Å². The molecular weight excluding hydrogens is 596 g/mol. The zero-order chi connectivity index (χ0) is 30.0. The molecule has 5 unspecified atom stereocenters. The maximum Gasteiger partial charge on any atom is 0.335 e. The molecule has 1 aliphatic carbocycles. The molecule has 41 heavy (non-hydrogen) atoms. The SMILES string of the molecule is CCCCCC[N+]12[C@H](O)[C@@H](CC)C3C[C@H]1[C@@H]1N(C)c4ccc(Br)cc4C14C[C@H]2C3C4O.O=C([O-])[C@H](O)[C@@H](O)C(=O)O. The molecule has 5 fully saturated rings. The van der Waals surface area contributed by atoms with E-state index in [0.717, 1.165) is 28.3 Å². The minimum atomic E-state index is -2.38. The second-order valence-corrected chi connectivity index (χ2v) is 13.7. The van der Waals surface area contributed by atoms with Gasteiger partial charge in [-0.1, -0.05) is 42.6 Å². The number of aliphatic carboxylic acids is 2. The summed E-state index contributed by atoms with van der Waals surface area (Å²) in [5.41, 5.74) is 2.48. The predicted molar refractivity (Wildman–Crippen MR) is 152 cm³/mol. The average molecular weight is 640 g/mol. The van der Waals surface area contributed by atoms with Crippen molar-refractivity contribution in [1.82, 2.24) is 0 Å².